The second-order valence-corrected chi connectivity index (χ2v) is 3.62. The summed E-state index contributed by atoms with van der Waals surface area (Å²) in [7, 11) is 0. The molecule has 0 aliphatic carbocycles. The molecule has 0 radical (unpaired) electrons. The maximum atomic E-state index is 13.2. The Morgan fingerprint density at radius 1 is 1.40 bits per heavy atom. The van der Waals surface area contributed by atoms with Gasteiger partial charge in [-0.15, -0.1) is 0 Å². The molecule has 1 amide bonds. The second kappa shape index (κ2) is 3.96. The smallest absolute Gasteiger partial charge is 0.256 e. The van der Waals surface area contributed by atoms with Crippen molar-refractivity contribution >= 4 is 5.91 Å². The minimum atomic E-state index is -0.972. The molecule has 1 saturated heterocycles. The average molecular weight is 211 g/mol. The molecule has 15 heavy (non-hydrogen) atoms. The van der Waals surface area contributed by atoms with E-state index in [0.29, 0.717) is 13.0 Å². The molecule has 1 aromatic rings. The third kappa shape index (κ3) is 1.98. The van der Waals surface area contributed by atoms with Gasteiger partial charge in [-0.1, -0.05) is 12.1 Å². The number of alkyl halides is 1. The van der Waals surface area contributed by atoms with Crippen LogP contribution in [0.2, 0.25) is 0 Å². The van der Waals surface area contributed by atoms with Crippen LogP contribution >= 0.6 is 0 Å². The molecule has 1 aliphatic rings. The van der Waals surface area contributed by atoms with Crippen LogP contribution in [0.1, 0.15) is 16.8 Å². The van der Waals surface area contributed by atoms with Crippen molar-refractivity contribution in [3.05, 3.63) is 35.6 Å². The molecule has 1 aromatic carbocycles. The first-order valence-corrected chi connectivity index (χ1v) is 4.86. The zero-order valence-corrected chi connectivity index (χ0v) is 8.12. The Bertz CT molecular complexity index is 381. The predicted octanol–water partition coefficient (Wildman–Crippen LogP) is 2.01. The van der Waals surface area contributed by atoms with Crippen molar-refractivity contribution in [1.82, 2.24) is 4.90 Å². The molecule has 1 heterocycles. The Morgan fingerprint density at radius 3 is 2.73 bits per heavy atom. The summed E-state index contributed by atoms with van der Waals surface area (Å²) in [5.74, 6) is -0.974. The fourth-order valence-corrected chi connectivity index (χ4v) is 1.71. The Balaban J connectivity index is 2.18. The topological polar surface area (TPSA) is 20.3 Å². The van der Waals surface area contributed by atoms with E-state index in [1.54, 1.807) is 6.07 Å². The van der Waals surface area contributed by atoms with E-state index in [9.17, 15) is 13.6 Å². The van der Waals surface area contributed by atoms with E-state index in [2.05, 4.69) is 0 Å². The first kappa shape index (κ1) is 10.1. The van der Waals surface area contributed by atoms with Crippen molar-refractivity contribution < 1.29 is 13.6 Å². The lowest BCUT2D eigenvalue weighted by Gasteiger charge is -2.15. The quantitative estimate of drug-likeness (QED) is 0.695. The lowest BCUT2D eigenvalue weighted by molar-refractivity contribution is 0.0778. The fraction of sp³-hybridized carbons (Fsp3) is 0.364. The van der Waals surface area contributed by atoms with E-state index >= 15 is 0 Å². The summed E-state index contributed by atoms with van der Waals surface area (Å²) in [5, 5.41) is 0. The largest absolute Gasteiger partial charge is 0.336 e. The maximum absolute atomic E-state index is 13.2. The molecule has 2 rings (SSSR count). The van der Waals surface area contributed by atoms with Gasteiger partial charge in [0.1, 0.15) is 12.0 Å². The molecule has 0 saturated carbocycles. The maximum Gasteiger partial charge on any atom is 0.256 e. The molecular weight excluding hydrogens is 200 g/mol. The molecule has 80 valence electrons. The number of carbonyl (C=O) groups excluding carboxylic acids is 1. The summed E-state index contributed by atoms with van der Waals surface area (Å²) in [6, 6.07) is 5.77. The van der Waals surface area contributed by atoms with Crippen LogP contribution in [0.5, 0.6) is 0 Å². The van der Waals surface area contributed by atoms with Gasteiger partial charge in [-0.25, -0.2) is 8.78 Å². The summed E-state index contributed by atoms with van der Waals surface area (Å²) >= 11 is 0. The highest BCUT2D eigenvalue weighted by molar-refractivity contribution is 5.94. The van der Waals surface area contributed by atoms with E-state index in [1.807, 2.05) is 0 Å². The van der Waals surface area contributed by atoms with Crippen LogP contribution in [0.4, 0.5) is 8.78 Å². The van der Waals surface area contributed by atoms with Crippen LogP contribution in [0.25, 0.3) is 0 Å². The van der Waals surface area contributed by atoms with Gasteiger partial charge < -0.3 is 4.90 Å². The van der Waals surface area contributed by atoms with Gasteiger partial charge in [-0.2, -0.15) is 0 Å². The van der Waals surface area contributed by atoms with E-state index in [-0.39, 0.29) is 12.1 Å². The van der Waals surface area contributed by atoms with Crippen molar-refractivity contribution in [2.24, 2.45) is 0 Å². The number of amides is 1. The molecule has 4 heteroatoms. The van der Waals surface area contributed by atoms with E-state index in [4.69, 9.17) is 0 Å². The molecule has 0 spiro atoms. The average Bonchev–Trinajstić information content (AvgIpc) is 2.65. The monoisotopic (exact) mass is 211 g/mol. The summed E-state index contributed by atoms with van der Waals surface area (Å²) in [4.78, 5) is 13.1. The molecule has 1 atom stereocenters. The second-order valence-electron chi connectivity index (χ2n) is 3.62. The number of rotatable bonds is 1. The molecule has 0 aromatic heterocycles. The van der Waals surface area contributed by atoms with Crippen molar-refractivity contribution in [2.45, 2.75) is 12.6 Å². The standard InChI is InChI=1S/C11H11F2NO/c12-8-5-6-14(7-8)11(15)9-3-1-2-4-10(9)13/h1-4,8H,5-7H2/t8-/m0/s1. The van der Waals surface area contributed by atoms with E-state index < -0.39 is 17.9 Å². The van der Waals surface area contributed by atoms with Crippen molar-refractivity contribution in [2.75, 3.05) is 13.1 Å². The van der Waals surface area contributed by atoms with Gasteiger partial charge in [0.15, 0.2) is 0 Å². The van der Waals surface area contributed by atoms with Crippen molar-refractivity contribution in [3.8, 4) is 0 Å². The van der Waals surface area contributed by atoms with Gasteiger partial charge in [0.25, 0.3) is 5.91 Å². The molecule has 1 aliphatic heterocycles. The third-order valence-electron chi connectivity index (χ3n) is 2.52. The number of benzene rings is 1. The Morgan fingerprint density at radius 2 is 2.13 bits per heavy atom. The molecule has 0 unspecified atom stereocenters. The highest BCUT2D eigenvalue weighted by Gasteiger charge is 2.27. The number of halogens is 2. The number of carbonyl (C=O) groups is 1. The van der Waals surface area contributed by atoms with Gasteiger partial charge in [-0.05, 0) is 18.6 Å². The minimum absolute atomic E-state index is 0.0200. The minimum Gasteiger partial charge on any atom is -0.336 e. The molecule has 1 fully saturated rings. The fourth-order valence-electron chi connectivity index (χ4n) is 1.71. The summed E-state index contributed by atoms with van der Waals surface area (Å²) in [5.41, 5.74) is 0.0200. The highest BCUT2D eigenvalue weighted by atomic mass is 19.1. The highest BCUT2D eigenvalue weighted by Crippen LogP contribution is 2.17. The molecule has 2 nitrogen and oxygen atoms in total. The van der Waals surface area contributed by atoms with E-state index in [1.165, 1.54) is 23.1 Å². The normalized spacial score (nSPS) is 20.7. The lowest BCUT2D eigenvalue weighted by Crippen LogP contribution is -2.29. The van der Waals surface area contributed by atoms with E-state index in [0.717, 1.165) is 0 Å². The lowest BCUT2D eigenvalue weighted by atomic mass is 10.2. The van der Waals surface area contributed by atoms with Crippen LogP contribution in [0, 0.1) is 5.82 Å². The van der Waals surface area contributed by atoms with Crippen LogP contribution in [0.15, 0.2) is 24.3 Å². The number of likely N-dealkylation sites (tertiary alicyclic amines) is 1. The Labute approximate surface area is 86.5 Å². The van der Waals surface area contributed by atoms with Gasteiger partial charge >= 0.3 is 0 Å². The first-order chi connectivity index (χ1) is 7.18. The number of nitrogens with zero attached hydrogens (tertiary/aromatic N) is 1. The Hall–Kier alpha value is -1.45. The summed E-state index contributed by atoms with van der Waals surface area (Å²) < 4.78 is 26.1. The van der Waals surface area contributed by atoms with Crippen LogP contribution in [-0.2, 0) is 0 Å². The Kier molecular flexibility index (Phi) is 2.66. The molecular formula is C11H11F2NO. The van der Waals surface area contributed by atoms with Crippen molar-refractivity contribution in [3.63, 3.8) is 0 Å². The molecule has 0 N–H and O–H groups in total. The predicted molar refractivity (Wildman–Crippen MR) is 51.8 cm³/mol. The zero-order chi connectivity index (χ0) is 10.8. The number of hydrogen-bond acceptors (Lipinski definition) is 1. The van der Waals surface area contributed by atoms with Gasteiger partial charge in [0.2, 0.25) is 0 Å². The van der Waals surface area contributed by atoms with Gasteiger partial charge in [0.05, 0.1) is 12.1 Å². The van der Waals surface area contributed by atoms with Crippen LogP contribution in [0.3, 0.4) is 0 Å². The number of hydrogen-bond donors (Lipinski definition) is 0. The summed E-state index contributed by atoms with van der Waals surface area (Å²) in [6.07, 6.45) is -0.624. The molecule has 0 bridgehead atoms. The van der Waals surface area contributed by atoms with Crippen LogP contribution in [-0.4, -0.2) is 30.1 Å². The van der Waals surface area contributed by atoms with Gasteiger partial charge in [-0.3, -0.25) is 4.79 Å². The van der Waals surface area contributed by atoms with Crippen molar-refractivity contribution in [1.29, 1.82) is 0 Å². The van der Waals surface area contributed by atoms with Gasteiger partial charge in [0, 0.05) is 6.54 Å². The SMILES string of the molecule is O=C(c1ccccc1F)N1CC[C@H](F)C1. The third-order valence-corrected chi connectivity index (χ3v) is 2.52. The summed E-state index contributed by atoms with van der Waals surface area (Å²) in [6.45, 7) is 0.446. The zero-order valence-electron chi connectivity index (χ0n) is 8.12. The van der Waals surface area contributed by atoms with Crippen LogP contribution < -0.4 is 0 Å². The first-order valence-electron chi connectivity index (χ1n) is 4.86.